The number of nitrogens with one attached hydrogen (secondary N) is 1. The van der Waals surface area contributed by atoms with Gasteiger partial charge in [-0.05, 0) is 42.5 Å². The number of furan rings is 1. The molecule has 3 rings (SSSR count). The lowest BCUT2D eigenvalue weighted by molar-refractivity contribution is -0.384. The van der Waals surface area contributed by atoms with E-state index in [0.29, 0.717) is 17.3 Å². The molecule has 1 N–H and O–H groups in total. The van der Waals surface area contributed by atoms with Gasteiger partial charge in [-0.25, -0.2) is 9.82 Å². The van der Waals surface area contributed by atoms with Crippen molar-refractivity contribution in [2.75, 3.05) is 0 Å². The Balaban J connectivity index is 1.53. The molecular formula is C19H14FN3O5. The van der Waals surface area contributed by atoms with Crippen LogP contribution in [0.15, 0.2) is 70.2 Å². The smallest absolute Gasteiger partial charge is 0.271 e. The summed E-state index contributed by atoms with van der Waals surface area (Å²) in [4.78, 5) is 22.1. The fraction of sp³-hybridized carbons (Fsp3) is 0.0526. The van der Waals surface area contributed by atoms with Crippen LogP contribution in [-0.4, -0.2) is 17.0 Å². The van der Waals surface area contributed by atoms with Crippen LogP contribution in [-0.2, 0) is 6.61 Å². The number of hydrazone groups is 1. The fourth-order valence-electron chi connectivity index (χ4n) is 2.21. The molecule has 0 aliphatic carbocycles. The first-order valence-electron chi connectivity index (χ1n) is 8.06. The number of rotatable bonds is 7. The van der Waals surface area contributed by atoms with Gasteiger partial charge in [0.1, 0.15) is 29.7 Å². The lowest BCUT2D eigenvalue weighted by Gasteiger charge is -2.03. The fourth-order valence-corrected chi connectivity index (χ4v) is 2.21. The molecule has 0 unspecified atom stereocenters. The van der Waals surface area contributed by atoms with E-state index in [1.807, 2.05) is 0 Å². The van der Waals surface area contributed by atoms with E-state index < -0.39 is 10.8 Å². The molecule has 0 aliphatic heterocycles. The number of ether oxygens (including phenoxy) is 1. The SMILES string of the molecule is O=C(N/N=C/c1ccc(COc2ccc(F)cc2)o1)c1cccc([N+](=O)[O-])c1. The average molecular weight is 383 g/mol. The van der Waals surface area contributed by atoms with Gasteiger partial charge in [-0.3, -0.25) is 14.9 Å². The molecule has 1 amide bonds. The van der Waals surface area contributed by atoms with E-state index >= 15 is 0 Å². The summed E-state index contributed by atoms with van der Waals surface area (Å²) >= 11 is 0. The van der Waals surface area contributed by atoms with Gasteiger partial charge in [-0.2, -0.15) is 5.10 Å². The van der Waals surface area contributed by atoms with Crippen molar-refractivity contribution in [3.63, 3.8) is 0 Å². The Labute approximate surface area is 158 Å². The number of hydrogen-bond donors (Lipinski definition) is 1. The van der Waals surface area contributed by atoms with Crippen LogP contribution in [0.3, 0.4) is 0 Å². The third-order valence-corrected chi connectivity index (χ3v) is 3.55. The molecule has 0 radical (unpaired) electrons. The number of nitro groups is 1. The van der Waals surface area contributed by atoms with Gasteiger partial charge < -0.3 is 9.15 Å². The Kier molecular flexibility index (Phi) is 5.75. The standard InChI is InChI=1S/C19H14FN3O5/c20-14-4-6-16(7-5-14)27-12-18-9-8-17(28-18)11-21-22-19(24)13-2-1-3-15(10-13)23(25)26/h1-11H,12H2,(H,22,24)/b21-11+. The molecular weight excluding hydrogens is 369 g/mol. The van der Waals surface area contributed by atoms with Crippen LogP contribution >= 0.6 is 0 Å². The van der Waals surface area contributed by atoms with Crippen molar-refractivity contribution >= 4 is 17.8 Å². The maximum Gasteiger partial charge on any atom is 0.271 e. The van der Waals surface area contributed by atoms with E-state index in [1.165, 1.54) is 48.7 Å². The Morgan fingerprint density at radius 2 is 2.00 bits per heavy atom. The first-order chi connectivity index (χ1) is 13.5. The van der Waals surface area contributed by atoms with Gasteiger partial charge in [0.2, 0.25) is 0 Å². The third-order valence-electron chi connectivity index (χ3n) is 3.55. The number of carbonyl (C=O) groups is 1. The minimum atomic E-state index is -0.591. The van der Waals surface area contributed by atoms with Gasteiger partial charge in [0, 0.05) is 17.7 Å². The second kappa shape index (κ2) is 8.58. The van der Waals surface area contributed by atoms with Gasteiger partial charge in [-0.15, -0.1) is 0 Å². The molecule has 0 aliphatic rings. The van der Waals surface area contributed by atoms with Gasteiger partial charge in [0.15, 0.2) is 0 Å². The lowest BCUT2D eigenvalue weighted by atomic mass is 10.2. The molecule has 8 nitrogen and oxygen atoms in total. The summed E-state index contributed by atoms with van der Waals surface area (Å²) in [5.74, 6) is 0.437. The Morgan fingerprint density at radius 1 is 1.21 bits per heavy atom. The summed E-state index contributed by atoms with van der Waals surface area (Å²) in [6.45, 7) is 0.138. The topological polar surface area (TPSA) is 107 Å². The number of nitro benzene ring substituents is 1. The molecule has 0 bridgehead atoms. The quantitative estimate of drug-likeness (QED) is 0.381. The zero-order valence-electron chi connectivity index (χ0n) is 14.4. The molecule has 9 heteroatoms. The number of amides is 1. The van der Waals surface area contributed by atoms with E-state index in [9.17, 15) is 19.3 Å². The zero-order chi connectivity index (χ0) is 19.9. The summed E-state index contributed by atoms with van der Waals surface area (Å²) in [7, 11) is 0. The number of halogens is 1. The van der Waals surface area contributed by atoms with Crippen molar-refractivity contribution in [3.8, 4) is 5.75 Å². The molecule has 142 valence electrons. The second-order valence-electron chi connectivity index (χ2n) is 5.55. The van der Waals surface area contributed by atoms with Crippen molar-refractivity contribution in [3.05, 3.63) is 93.7 Å². The molecule has 3 aromatic rings. The molecule has 0 fully saturated rings. The van der Waals surface area contributed by atoms with Crippen molar-refractivity contribution < 1.29 is 23.3 Å². The minimum absolute atomic E-state index is 0.110. The van der Waals surface area contributed by atoms with Crippen LogP contribution in [0.25, 0.3) is 0 Å². The minimum Gasteiger partial charge on any atom is -0.486 e. The summed E-state index contributed by atoms with van der Waals surface area (Å²) < 4.78 is 23.8. The summed E-state index contributed by atoms with van der Waals surface area (Å²) in [6.07, 6.45) is 1.29. The van der Waals surface area contributed by atoms with Crippen LogP contribution in [0, 0.1) is 15.9 Å². The highest BCUT2D eigenvalue weighted by molar-refractivity contribution is 5.95. The Morgan fingerprint density at radius 3 is 2.75 bits per heavy atom. The average Bonchev–Trinajstić information content (AvgIpc) is 3.15. The predicted molar refractivity (Wildman–Crippen MR) is 97.6 cm³/mol. The number of benzene rings is 2. The molecule has 2 aromatic carbocycles. The van der Waals surface area contributed by atoms with E-state index in [-0.39, 0.29) is 23.7 Å². The van der Waals surface area contributed by atoms with Gasteiger partial charge in [0.05, 0.1) is 11.1 Å². The molecule has 0 atom stereocenters. The maximum absolute atomic E-state index is 12.8. The van der Waals surface area contributed by atoms with Crippen LogP contribution in [0.5, 0.6) is 5.75 Å². The highest BCUT2D eigenvalue weighted by Crippen LogP contribution is 2.15. The highest BCUT2D eigenvalue weighted by Gasteiger charge is 2.10. The third kappa shape index (κ3) is 5.01. The Hall–Kier alpha value is -4.01. The number of carbonyl (C=O) groups excluding carboxylic acids is 1. The molecule has 0 saturated heterocycles. The largest absolute Gasteiger partial charge is 0.486 e. The van der Waals surface area contributed by atoms with Crippen LogP contribution in [0.1, 0.15) is 21.9 Å². The van der Waals surface area contributed by atoms with Crippen LogP contribution in [0.2, 0.25) is 0 Å². The molecule has 1 heterocycles. The van der Waals surface area contributed by atoms with E-state index in [2.05, 4.69) is 10.5 Å². The predicted octanol–water partition coefficient (Wildman–Crippen LogP) is 3.67. The Bertz CT molecular complexity index is 1010. The number of hydrogen-bond acceptors (Lipinski definition) is 6. The second-order valence-corrected chi connectivity index (χ2v) is 5.55. The van der Waals surface area contributed by atoms with Crippen molar-refractivity contribution in [1.29, 1.82) is 0 Å². The highest BCUT2D eigenvalue weighted by atomic mass is 19.1. The van der Waals surface area contributed by atoms with E-state index in [4.69, 9.17) is 9.15 Å². The van der Waals surface area contributed by atoms with Crippen molar-refractivity contribution in [2.45, 2.75) is 6.61 Å². The van der Waals surface area contributed by atoms with Gasteiger partial charge in [-0.1, -0.05) is 6.07 Å². The van der Waals surface area contributed by atoms with E-state index in [0.717, 1.165) is 6.07 Å². The van der Waals surface area contributed by atoms with Crippen LogP contribution < -0.4 is 10.2 Å². The molecule has 1 aromatic heterocycles. The van der Waals surface area contributed by atoms with Crippen molar-refractivity contribution in [1.82, 2.24) is 5.43 Å². The first-order valence-corrected chi connectivity index (χ1v) is 8.06. The van der Waals surface area contributed by atoms with E-state index in [1.54, 1.807) is 12.1 Å². The normalized spacial score (nSPS) is 10.8. The number of nitrogens with zero attached hydrogens (tertiary/aromatic N) is 2. The first kappa shape index (κ1) is 18.8. The monoisotopic (exact) mass is 383 g/mol. The molecule has 0 saturated carbocycles. The lowest BCUT2D eigenvalue weighted by Crippen LogP contribution is -2.17. The molecule has 0 spiro atoms. The summed E-state index contributed by atoms with van der Waals surface area (Å²) in [6, 6.07) is 14.2. The summed E-state index contributed by atoms with van der Waals surface area (Å²) in [5, 5.41) is 14.5. The maximum atomic E-state index is 12.8. The zero-order valence-corrected chi connectivity index (χ0v) is 14.4. The molecule has 28 heavy (non-hydrogen) atoms. The summed E-state index contributed by atoms with van der Waals surface area (Å²) in [5.41, 5.74) is 2.19. The van der Waals surface area contributed by atoms with Crippen LogP contribution in [0.4, 0.5) is 10.1 Å². The van der Waals surface area contributed by atoms with Crippen molar-refractivity contribution in [2.24, 2.45) is 5.10 Å². The van der Waals surface area contributed by atoms with Gasteiger partial charge >= 0.3 is 0 Å². The number of non-ortho nitro benzene ring substituents is 1. The van der Waals surface area contributed by atoms with Gasteiger partial charge in [0.25, 0.3) is 11.6 Å².